The molecule has 0 saturated heterocycles. The minimum Gasteiger partial charge on any atom is -0.493 e. The monoisotopic (exact) mass is 655 g/mol. The summed E-state index contributed by atoms with van der Waals surface area (Å²) >= 11 is 0. The van der Waals surface area contributed by atoms with E-state index in [4.69, 9.17) is 19.0 Å². The van der Waals surface area contributed by atoms with Gasteiger partial charge in [-0.25, -0.2) is 0 Å². The molecule has 0 fully saturated rings. The number of hydrogen-bond acceptors (Lipinski definition) is 11. The number of rotatable bonds is 13. The highest BCUT2D eigenvalue weighted by molar-refractivity contribution is 6.02. The lowest BCUT2D eigenvalue weighted by molar-refractivity contribution is 0.0853. The van der Waals surface area contributed by atoms with Gasteiger partial charge in [0.2, 0.25) is 0 Å². The molecule has 2 aliphatic heterocycles. The number of fused-ring (bicyclic) bond motifs is 1. The molecule has 0 aromatic heterocycles. The van der Waals surface area contributed by atoms with Crippen LogP contribution in [0.25, 0.3) is 0 Å². The molecule has 0 radical (unpaired) electrons. The number of ether oxygens (including phenoxy) is 3. The van der Waals surface area contributed by atoms with E-state index < -0.39 is 12.3 Å². The summed E-state index contributed by atoms with van der Waals surface area (Å²) in [4.78, 5) is 18.3. The normalized spacial score (nSPS) is 16.7. The van der Waals surface area contributed by atoms with Crippen molar-refractivity contribution in [3.05, 3.63) is 117 Å². The maximum Gasteiger partial charge on any atom is 0.255 e. The van der Waals surface area contributed by atoms with Crippen LogP contribution in [0.1, 0.15) is 68.0 Å². The highest BCUT2D eigenvalue weighted by atomic mass is 16.6. The number of nitrogens with one attached hydrogen (secondary N) is 2. The van der Waals surface area contributed by atoms with E-state index >= 15 is 0 Å². The number of methoxy groups -OCH3 is 1. The van der Waals surface area contributed by atoms with Gasteiger partial charge in [0.1, 0.15) is 25.1 Å². The summed E-state index contributed by atoms with van der Waals surface area (Å²) in [5, 5.41) is 49.9. The van der Waals surface area contributed by atoms with Crippen LogP contribution in [0.5, 0.6) is 17.2 Å². The number of amides is 1. The van der Waals surface area contributed by atoms with Gasteiger partial charge in [0.15, 0.2) is 17.6 Å². The Morgan fingerprint density at radius 2 is 1.46 bits per heavy atom. The first-order valence-corrected chi connectivity index (χ1v) is 15.5. The molecule has 4 aromatic carbocycles. The second kappa shape index (κ2) is 14.7. The van der Waals surface area contributed by atoms with Crippen molar-refractivity contribution in [2.75, 3.05) is 25.6 Å². The number of nitrogens with zero attached hydrogens (tertiary/aromatic N) is 1. The fourth-order valence-corrected chi connectivity index (χ4v) is 5.91. The second-order valence-electron chi connectivity index (χ2n) is 11.3. The molecule has 2 heterocycles. The van der Waals surface area contributed by atoms with E-state index in [-0.39, 0.29) is 45.5 Å². The van der Waals surface area contributed by atoms with Crippen LogP contribution >= 0.6 is 0 Å². The van der Waals surface area contributed by atoms with Crippen molar-refractivity contribution in [2.45, 2.75) is 45.1 Å². The van der Waals surface area contributed by atoms with Crippen molar-refractivity contribution >= 4 is 17.3 Å². The molecular formula is C36H37N3O9. The maximum absolute atomic E-state index is 12.6. The number of anilines is 1. The van der Waals surface area contributed by atoms with E-state index in [9.17, 15) is 25.2 Å². The van der Waals surface area contributed by atoms with E-state index in [1.807, 2.05) is 36.4 Å². The quantitative estimate of drug-likeness (QED) is 0.116. The summed E-state index contributed by atoms with van der Waals surface area (Å²) in [5.41, 5.74) is 6.42. The van der Waals surface area contributed by atoms with Crippen molar-refractivity contribution < 1.29 is 44.3 Å². The van der Waals surface area contributed by atoms with E-state index in [1.54, 1.807) is 43.5 Å². The molecule has 12 nitrogen and oxygen atoms in total. The van der Waals surface area contributed by atoms with Gasteiger partial charge in [-0.05, 0) is 82.4 Å². The molecule has 0 aliphatic carbocycles. The standard InChI is InChI=1S/C36H37N3O9/c1-45-32-9-6-21(30-16-33(48-39-30)23-13-24(17-40)28(20-43)25(14-23)18-41)15-34(32)47-11-10-46-31-8-7-22(12-26(31)19-42)35-37-29-5-3-2-4-27(29)36(44)38-35/h2-9,12-15,33,35,37,40-43H,10-11,16-20H2,1H3,(H,38,44). The molecule has 0 saturated carbocycles. The maximum atomic E-state index is 12.6. The Hall–Kier alpha value is -5.14. The molecule has 2 atom stereocenters. The van der Waals surface area contributed by atoms with Crippen molar-refractivity contribution in [3.63, 3.8) is 0 Å². The van der Waals surface area contributed by atoms with Gasteiger partial charge in [-0.1, -0.05) is 23.4 Å². The fourth-order valence-electron chi connectivity index (χ4n) is 5.91. The van der Waals surface area contributed by atoms with Gasteiger partial charge in [0.25, 0.3) is 5.91 Å². The minimum atomic E-state index is -0.456. The zero-order valence-corrected chi connectivity index (χ0v) is 26.3. The van der Waals surface area contributed by atoms with Crippen molar-refractivity contribution in [2.24, 2.45) is 5.16 Å². The van der Waals surface area contributed by atoms with Crippen LogP contribution in [-0.4, -0.2) is 52.4 Å². The van der Waals surface area contributed by atoms with Gasteiger partial charge >= 0.3 is 0 Å². The van der Waals surface area contributed by atoms with Crippen molar-refractivity contribution in [3.8, 4) is 17.2 Å². The van der Waals surface area contributed by atoms with Crippen LogP contribution in [0, 0.1) is 0 Å². The molecule has 2 unspecified atom stereocenters. The third kappa shape index (κ3) is 6.78. The van der Waals surface area contributed by atoms with Crippen LogP contribution in [0.3, 0.4) is 0 Å². The summed E-state index contributed by atoms with van der Waals surface area (Å²) in [6.45, 7) is -0.735. The average Bonchev–Trinajstić information content (AvgIpc) is 3.63. The summed E-state index contributed by atoms with van der Waals surface area (Å²) in [7, 11) is 1.55. The number of hydrogen-bond donors (Lipinski definition) is 6. The predicted octanol–water partition coefficient (Wildman–Crippen LogP) is 3.84. The highest BCUT2D eigenvalue weighted by Gasteiger charge is 2.27. The Kier molecular flexibility index (Phi) is 10.1. The number of carbonyl (C=O) groups excluding carboxylic acids is 1. The zero-order chi connectivity index (χ0) is 33.6. The lowest BCUT2D eigenvalue weighted by atomic mass is 9.93. The summed E-state index contributed by atoms with van der Waals surface area (Å²) in [6, 6.07) is 21.6. The second-order valence-corrected chi connectivity index (χ2v) is 11.3. The molecule has 48 heavy (non-hydrogen) atoms. The Morgan fingerprint density at radius 1 is 0.771 bits per heavy atom. The van der Waals surface area contributed by atoms with Gasteiger partial charge in [0.05, 0.1) is 44.8 Å². The molecule has 2 aliphatic rings. The molecule has 12 heteroatoms. The first-order chi connectivity index (χ1) is 23.5. The summed E-state index contributed by atoms with van der Waals surface area (Å²) in [5.74, 6) is 1.33. The first kappa shape index (κ1) is 32.8. The lowest BCUT2D eigenvalue weighted by Gasteiger charge is -2.28. The molecule has 1 amide bonds. The van der Waals surface area contributed by atoms with Crippen LogP contribution in [-0.2, 0) is 31.3 Å². The smallest absolute Gasteiger partial charge is 0.255 e. The van der Waals surface area contributed by atoms with E-state index in [0.29, 0.717) is 57.2 Å². The minimum absolute atomic E-state index is 0.175. The molecule has 0 bridgehead atoms. The molecule has 6 rings (SSSR count). The van der Waals surface area contributed by atoms with E-state index in [2.05, 4.69) is 15.8 Å². The highest BCUT2D eigenvalue weighted by Crippen LogP contribution is 2.35. The molecular weight excluding hydrogens is 618 g/mol. The van der Waals surface area contributed by atoms with Gasteiger partial charge in [-0.15, -0.1) is 0 Å². The number of aliphatic hydroxyl groups is 4. The van der Waals surface area contributed by atoms with Gasteiger partial charge in [0, 0.05) is 23.2 Å². The number of carbonyl (C=O) groups is 1. The topological polar surface area (TPSA) is 171 Å². The van der Waals surface area contributed by atoms with Crippen LogP contribution in [0.2, 0.25) is 0 Å². The summed E-state index contributed by atoms with van der Waals surface area (Å²) in [6.07, 6.45) is -0.450. The summed E-state index contributed by atoms with van der Waals surface area (Å²) < 4.78 is 17.5. The molecule has 250 valence electrons. The number of benzene rings is 4. The SMILES string of the molecule is COc1ccc(C2=NOC(c3cc(CO)c(CO)c(CO)c3)C2)cc1OCCOc1ccc(C2NC(=O)c3ccccc3N2)cc1CO. The lowest BCUT2D eigenvalue weighted by Crippen LogP contribution is -2.38. The first-order valence-electron chi connectivity index (χ1n) is 15.5. The fraction of sp³-hybridized carbons (Fsp3) is 0.278. The third-order valence-electron chi connectivity index (χ3n) is 8.43. The van der Waals surface area contributed by atoms with Gasteiger partial charge in [-0.2, -0.15) is 0 Å². The zero-order valence-electron chi connectivity index (χ0n) is 26.3. The number of para-hydroxylation sites is 1. The van der Waals surface area contributed by atoms with Crippen LogP contribution in [0.15, 0.2) is 78.0 Å². The van der Waals surface area contributed by atoms with E-state index in [0.717, 1.165) is 22.4 Å². The Balaban J connectivity index is 1.08. The van der Waals surface area contributed by atoms with Gasteiger partial charge in [-0.3, -0.25) is 4.79 Å². The van der Waals surface area contributed by atoms with Crippen LogP contribution < -0.4 is 24.8 Å². The molecule has 6 N–H and O–H groups in total. The Bertz CT molecular complexity index is 1800. The van der Waals surface area contributed by atoms with Crippen molar-refractivity contribution in [1.82, 2.24) is 5.32 Å². The van der Waals surface area contributed by atoms with E-state index in [1.165, 1.54) is 0 Å². The number of oxime groups is 1. The van der Waals surface area contributed by atoms with Crippen molar-refractivity contribution in [1.29, 1.82) is 0 Å². The Morgan fingerprint density at radius 3 is 2.17 bits per heavy atom. The molecule has 0 spiro atoms. The Labute approximate surface area is 277 Å². The number of aliphatic hydroxyl groups excluding tert-OH is 4. The van der Waals surface area contributed by atoms with Crippen LogP contribution in [0.4, 0.5) is 5.69 Å². The molecule has 4 aromatic rings. The third-order valence-corrected chi connectivity index (χ3v) is 8.43. The largest absolute Gasteiger partial charge is 0.493 e. The average molecular weight is 656 g/mol. The predicted molar refractivity (Wildman–Crippen MR) is 176 cm³/mol. The van der Waals surface area contributed by atoms with Gasteiger partial charge < -0.3 is 50.1 Å².